The molecule has 0 saturated carbocycles. The molecular formula is C32H37N3O4. The van der Waals surface area contributed by atoms with E-state index in [4.69, 9.17) is 9.47 Å². The van der Waals surface area contributed by atoms with E-state index in [2.05, 4.69) is 11.1 Å². The van der Waals surface area contributed by atoms with E-state index in [9.17, 15) is 9.59 Å². The third kappa shape index (κ3) is 7.71. The van der Waals surface area contributed by atoms with Crippen LogP contribution in [0.3, 0.4) is 0 Å². The predicted octanol–water partition coefficient (Wildman–Crippen LogP) is 5.20. The number of H-pyrrole nitrogens is 1. The van der Waals surface area contributed by atoms with Gasteiger partial charge in [-0.2, -0.15) is 0 Å². The number of rotatable bonds is 13. The maximum Gasteiger partial charge on any atom is 0.249 e. The molecule has 1 N–H and O–H groups in total. The van der Waals surface area contributed by atoms with Crippen LogP contribution in [0.25, 0.3) is 10.9 Å². The van der Waals surface area contributed by atoms with Crippen LogP contribution in [0, 0.1) is 0 Å². The van der Waals surface area contributed by atoms with Crippen molar-refractivity contribution in [3.63, 3.8) is 0 Å². The van der Waals surface area contributed by atoms with Crippen molar-refractivity contribution in [1.29, 1.82) is 0 Å². The minimum absolute atomic E-state index is 0.00473. The third-order valence-corrected chi connectivity index (χ3v) is 6.80. The van der Waals surface area contributed by atoms with E-state index >= 15 is 0 Å². The second kappa shape index (κ2) is 13.6. The molecule has 0 fully saturated rings. The summed E-state index contributed by atoms with van der Waals surface area (Å²) >= 11 is 0. The van der Waals surface area contributed by atoms with Crippen molar-refractivity contribution in [2.24, 2.45) is 0 Å². The van der Waals surface area contributed by atoms with Crippen LogP contribution < -0.4 is 4.74 Å². The summed E-state index contributed by atoms with van der Waals surface area (Å²) in [5.41, 5.74) is 4.23. The fraction of sp³-hybridized carbons (Fsp3) is 0.312. The molecule has 0 atom stereocenters. The Morgan fingerprint density at radius 3 is 2.31 bits per heavy atom. The first-order valence-electron chi connectivity index (χ1n) is 13.3. The molecule has 0 saturated heterocycles. The third-order valence-electron chi connectivity index (χ3n) is 6.80. The first-order chi connectivity index (χ1) is 18.9. The number of benzene rings is 3. The van der Waals surface area contributed by atoms with Gasteiger partial charge in [0.1, 0.15) is 18.9 Å². The van der Waals surface area contributed by atoms with Crippen LogP contribution >= 0.6 is 0 Å². The molecular weight excluding hydrogens is 490 g/mol. The number of carbonyl (C=O) groups is 2. The van der Waals surface area contributed by atoms with Crippen LogP contribution in [0.1, 0.15) is 30.5 Å². The van der Waals surface area contributed by atoms with E-state index in [0.717, 1.165) is 33.3 Å². The lowest BCUT2D eigenvalue weighted by molar-refractivity contribution is -0.145. The Morgan fingerprint density at radius 1 is 0.872 bits per heavy atom. The fourth-order valence-corrected chi connectivity index (χ4v) is 4.55. The van der Waals surface area contributed by atoms with E-state index < -0.39 is 0 Å². The summed E-state index contributed by atoms with van der Waals surface area (Å²) in [7, 11) is 1.63. The summed E-state index contributed by atoms with van der Waals surface area (Å²) in [5.74, 6) is 0.466. The molecule has 2 amide bonds. The van der Waals surface area contributed by atoms with Gasteiger partial charge in [0, 0.05) is 36.2 Å². The molecule has 3 aromatic carbocycles. The summed E-state index contributed by atoms with van der Waals surface area (Å²) < 4.78 is 11.0. The molecule has 1 heterocycles. The van der Waals surface area contributed by atoms with Crippen molar-refractivity contribution in [1.82, 2.24) is 14.8 Å². The molecule has 39 heavy (non-hydrogen) atoms. The van der Waals surface area contributed by atoms with Crippen molar-refractivity contribution in [2.75, 3.05) is 26.8 Å². The van der Waals surface area contributed by atoms with E-state index in [1.165, 1.54) is 0 Å². The molecule has 0 aliphatic carbocycles. The Hall–Kier alpha value is -4.10. The minimum Gasteiger partial charge on any atom is -0.497 e. The van der Waals surface area contributed by atoms with Gasteiger partial charge in [0.2, 0.25) is 11.8 Å². The van der Waals surface area contributed by atoms with Crippen molar-refractivity contribution >= 4 is 22.7 Å². The van der Waals surface area contributed by atoms with Crippen LogP contribution in [0.2, 0.25) is 0 Å². The van der Waals surface area contributed by atoms with Crippen LogP contribution in [-0.2, 0) is 33.9 Å². The number of ether oxygens (including phenoxy) is 2. The highest BCUT2D eigenvalue weighted by Crippen LogP contribution is 2.20. The first-order valence-corrected chi connectivity index (χ1v) is 13.3. The summed E-state index contributed by atoms with van der Waals surface area (Å²) in [4.78, 5) is 33.5. The molecule has 4 aromatic rings. The van der Waals surface area contributed by atoms with Gasteiger partial charge in [0.25, 0.3) is 0 Å². The zero-order valence-corrected chi connectivity index (χ0v) is 22.9. The van der Waals surface area contributed by atoms with Crippen LogP contribution in [0.5, 0.6) is 5.75 Å². The van der Waals surface area contributed by atoms with Gasteiger partial charge in [-0.25, -0.2) is 0 Å². The molecule has 0 spiro atoms. The Morgan fingerprint density at radius 2 is 1.59 bits per heavy atom. The number of fused-ring (bicyclic) bond motifs is 1. The van der Waals surface area contributed by atoms with Crippen molar-refractivity contribution < 1.29 is 19.1 Å². The minimum atomic E-state index is -0.199. The zero-order valence-electron chi connectivity index (χ0n) is 22.9. The maximum absolute atomic E-state index is 13.7. The number of aromatic amines is 1. The van der Waals surface area contributed by atoms with Gasteiger partial charge >= 0.3 is 0 Å². The van der Waals surface area contributed by atoms with Gasteiger partial charge in [-0.3, -0.25) is 9.59 Å². The van der Waals surface area contributed by atoms with Crippen LogP contribution in [0.15, 0.2) is 85.1 Å². The highest BCUT2D eigenvalue weighted by molar-refractivity contribution is 5.86. The molecule has 0 aliphatic heterocycles. The number of carbonyl (C=O) groups excluding carboxylic acids is 2. The van der Waals surface area contributed by atoms with Gasteiger partial charge in [-0.1, -0.05) is 60.7 Å². The van der Waals surface area contributed by atoms with Crippen molar-refractivity contribution in [3.8, 4) is 5.75 Å². The highest BCUT2D eigenvalue weighted by Gasteiger charge is 2.24. The van der Waals surface area contributed by atoms with Crippen LogP contribution in [-0.4, -0.2) is 59.4 Å². The van der Waals surface area contributed by atoms with Crippen molar-refractivity contribution in [2.45, 2.75) is 39.5 Å². The molecule has 7 nitrogen and oxygen atoms in total. The summed E-state index contributed by atoms with van der Waals surface area (Å²) in [6, 6.07) is 25.5. The Balaban J connectivity index is 1.44. The molecule has 1 aromatic heterocycles. The smallest absolute Gasteiger partial charge is 0.249 e. The average molecular weight is 528 g/mol. The van der Waals surface area contributed by atoms with Crippen LogP contribution in [0.4, 0.5) is 0 Å². The first kappa shape index (κ1) is 27.9. The van der Waals surface area contributed by atoms with Gasteiger partial charge in [0.05, 0.1) is 13.7 Å². The number of hydrogen-bond acceptors (Lipinski definition) is 4. The largest absolute Gasteiger partial charge is 0.497 e. The summed E-state index contributed by atoms with van der Waals surface area (Å²) in [6.07, 6.45) is 2.70. The standard InChI is InChI=1S/C32H37N3O4/c1-24(2)35(32(37)23-39-22-26-9-5-4-6-10-26)21-31(36)34(20-25-13-15-28(38-3)16-14-25)18-17-27-19-33-30-12-8-7-11-29(27)30/h4-16,19,24,33H,17-18,20-23H2,1-3H3. The average Bonchev–Trinajstić information content (AvgIpc) is 3.37. The highest BCUT2D eigenvalue weighted by atomic mass is 16.5. The number of para-hydroxylation sites is 1. The molecule has 0 aliphatic rings. The molecule has 0 unspecified atom stereocenters. The lowest BCUT2D eigenvalue weighted by Crippen LogP contribution is -2.47. The number of methoxy groups -OCH3 is 1. The van der Waals surface area contributed by atoms with Gasteiger partial charge in [0.15, 0.2) is 0 Å². The normalized spacial score (nSPS) is 11.1. The lowest BCUT2D eigenvalue weighted by atomic mass is 10.1. The van der Waals surface area contributed by atoms with E-state index in [1.54, 1.807) is 12.0 Å². The number of amides is 2. The molecule has 4 rings (SSSR count). The Bertz CT molecular complexity index is 1350. The van der Waals surface area contributed by atoms with Gasteiger partial charge in [-0.15, -0.1) is 0 Å². The molecule has 7 heteroatoms. The Labute approximate surface area is 230 Å². The molecule has 0 radical (unpaired) electrons. The zero-order chi connectivity index (χ0) is 27.6. The topological polar surface area (TPSA) is 74.9 Å². The number of nitrogens with one attached hydrogen (secondary N) is 1. The van der Waals surface area contributed by atoms with Gasteiger partial charge in [-0.05, 0) is 55.2 Å². The quantitative estimate of drug-likeness (QED) is 0.259. The SMILES string of the molecule is COc1ccc(CN(CCc2c[nH]c3ccccc23)C(=O)CN(C(=O)COCc2ccccc2)C(C)C)cc1. The number of nitrogens with zero attached hydrogens (tertiary/aromatic N) is 2. The number of aromatic nitrogens is 1. The molecule has 204 valence electrons. The fourth-order valence-electron chi connectivity index (χ4n) is 4.55. The van der Waals surface area contributed by atoms with Gasteiger partial charge < -0.3 is 24.3 Å². The predicted molar refractivity (Wildman–Crippen MR) is 153 cm³/mol. The maximum atomic E-state index is 13.7. The van der Waals surface area contributed by atoms with Crippen molar-refractivity contribution in [3.05, 3.63) is 102 Å². The number of hydrogen-bond donors (Lipinski definition) is 1. The second-order valence-electron chi connectivity index (χ2n) is 9.87. The van der Waals surface area contributed by atoms with E-state index in [1.807, 2.05) is 97.7 Å². The second-order valence-corrected chi connectivity index (χ2v) is 9.87. The van der Waals surface area contributed by atoms with E-state index in [0.29, 0.717) is 26.1 Å². The summed E-state index contributed by atoms with van der Waals surface area (Å²) in [6.45, 7) is 5.07. The summed E-state index contributed by atoms with van der Waals surface area (Å²) in [5, 5.41) is 1.16. The Kier molecular flexibility index (Phi) is 9.75. The monoisotopic (exact) mass is 527 g/mol. The van der Waals surface area contributed by atoms with E-state index in [-0.39, 0.29) is 31.0 Å². The molecule has 0 bridgehead atoms. The lowest BCUT2D eigenvalue weighted by Gasteiger charge is -2.30.